The van der Waals surface area contributed by atoms with Crippen LogP contribution in [0.5, 0.6) is 5.75 Å². The smallest absolute Gasteiger partial charge is 0.335 e. The molecule has 0 fully saturated rings. The van der Waals surface area contributed by atoms with Crippen molar-refractivity contribution in [3.63, 3.8) is 0 Å². The van der Waals surface area contributed by atoms with Crippen molar-refractivity contribution in [2.45, 2.75) is 33.3 Å². The second-order valence-electron chi connectivity index (χ2n) is 9.06. The normalized spacial score (nSPS) is 11.4. The average molecular weight is 552 g/mol. The van der Waals surface area contributed by atoms with Crippen molar-refractivity contribution < 1.29 is 19.2 Å². The lowest BCUT2D eigenvalue weighted by atomic mass is 10.0. The Labute approximate surface area is 228 Å². The summed E-state index contributed by atoms with van der Waals surface area (Å²) in [6, 6.07) is 18.6. The number of carboxylic acid groups (broad SMARTS) is 1. The standard InChI is InChI=1S/C29H23Cl2NO4S/c1-15(2)28-21(27(32-36-28)26-22(30)5-4-6-23(26)31)14-35-19-9-10-20(16(3)11-19)25-12-17-7-8-18(29(33)34)13-24(17)37-25/h4-13,15H,14H2,1-3H3,(H,33,34). The monoisotopic (exact) mass is 551 g/mol. The Morgan fingerprint density at radius 2 is 1.84 bits per heavy atom. The van der Waals surface area contributed by atoms with Crippen LogP contribution in [0.1, 0.15) is 47.0 Å². The van der Waals surface area contributed by atoms with E-state index in [4.69, 9.17) is 32.5 Å². The molecule has 2 aromatic heterocycles. The maximum absolute atomic E-state index is 11.3. The van der Waals surface area contributed by atoms with Gasteiger partial charge in [-0.15, -0.1) is 11.3 Å². The highest BCUT2D eigenvalue weighted by atomic mass is 35.5. The Morgan fingerprint density at radius 1 is 1.08 bits per heavy atom. The van der Waals surface area contributed by atoms with Gasteiger partial charge in [0, 0.05) is 21.1 Å². The second-order valence-corrected chi connectivity index (χ2v) is 11.0. The summed E-state index contributed by atoms with van der Waals surface area (Å²) in [5.41, 5.74) is 4.42. The van der Waals surface area contributed by atoms with Crippen LogP contribution in [0.15, 0.2) is 65.2 Å². The number of nitrogens with zero attached hydrogens (tertiary/aromatic N) is 1. The van der Waals surface area contributed by atoms with E-state index >= 15 is 0 Å². The molecule has 8 heteroatoms. The van der Waals surface area contributed by atoms with Crippen LogP contribution < -0.4 is 4.74 Å². The summed E-state index contributed by atoms with van der Waals surface area (Å²) in [4.78, 5) is 12.4. The number of ether oxygens (including phenoxy) is 1. The predicted molar refractivity (Wildman–Crippen MR) is 149 cm³/mol. The van der Waals surface area contributed by atoms with Crippen molar-refractivity contribution in [1.82, 2.24) is 5.16 Å². The molecule has 0 saturated carbocycles. The molecule has 0 atom stereocenters. The Bertz CT molecular complexity index is 1620. The minimum absolute atomic E-state index is 0.0971. The summed E-state index contributed by atoms with van der Waals surface area (Å²) >= 11 is 14.5. The van der Waals surface area contributed by atoms with Crippen LogP contribution in [-0.2, 0) is 6.61 Å². The first-order chi connectivity index (χ1) is 17.7. The van der Waals surface area contributed by atoms with Crippen molar-refractivity contribution in [3.05, 3.63) is 93.2 Å². The maximum atomic E-state index is 11.3. The van der Waals surface area contributed by atoms with E-state index in [1.165, 1.54) is 0 Å². The van der Waals surface area contributed by atoms with Crippen LogP contribution >= 0.6 is 34.5 Å². The van der Waals surface area contributed by atoms with Crippen molar-refractivity contribution in [2.24, 2.45) is 0 Å². The van der Waals surface area contributed by atoms with Crippen molar-refractivity contribution in [1.29, 1.82) is 0 Å². The molecule has 0 unspecified atom stereocenters. The number of carboxylic acids is 1. The third-order valence-corrected chi connectivity index (χ3v) is 7.92. The van der Waals surface area contributed by atoms with Gasteiger partial charge in [-0.2, -0.15) is 0 Å². The predicted octanol–water partition coefficient (Wildman–Crippen LogP) is 9.24. The fourth-order valence-corrected chi connectivity index (χ4v) is 6.06. The molecule has 0 bridgehead atoms. The van der Waals surface area contributed by atoms with Crippen molar-refractivity contribution in [2.75, 3.05) is 0 Å². The number of halogens is 2. The molecule has 0 aliphatic carbocycles. The largest absolute Gasteiger partial charge is 0.489 e. The van der Waals surface area contributed by atoms with Crippen LogP contribution in [0.2, 0.25) is 10.0 Å². The van der Waals surface area contributed by atoms with Crippen LogP contribution in [0.4, 0.5) is 0 Å². The highest BCUT2D eigenvalue weighted by Crippen LogP contribution is 2.40. The Balaban J connectivity index is 1.43. The molecular formula is C29H23Cl2NO4S. The van der Waals surface area contributed by atoms with Gasteiger partial charge in [0.2, 0.25) is 0 Å². The molecule has 3 aromatic carbocycles. The summed E-state index contributed by atoms with van der Waals surface area (Å²) in [6.07, 6.45) is 0. The van der Waals surface area contributed by atoms with E-state index in [-0.39, 0.29) is 18.1 Å². The zero-order valence-electron chi connectivity index (χ0n) is 20.3. The molecule has 0 saturated heterocycles. The van der Waals surface area contributed by atoms with Gasteiger partial charge in [0.15, 0.2) is 0 Å². The van der Waals surface area contributed by atoms with E-state index in [1.807, 2.05) is 45.0 Å². The fourth-order valence-electron chi connectivity index (χ4n) is 4.29. The number of aromatic nitrogens is 1. The highest BCUT2D eigenvalue weighted by Gasteiger charge is 2.24. The Hall–Kier alpha value is -3.32. The van der Waals surface area contributed by atoms with Crippen molar-refractivity contribution in [3.8, 4) is 27.4 Å². The minimum Gasteiger partial charge on any atom is -0.489 e. The molecule has 5 rings (SSSR count). The number of benzene rings is 3. The fraction of sp³-hybridized carbons (Fsp3) is 0.172. The van der Waals surface area contributed by atoms with Gasteiger partial charge in [0.05, 0.1) is 21.2 Å². The lowest BCUT2D eigenvalue weighted by Gasteiger charge is -2.12. The van der Waals surface area contributed by atoms with E-state index in [9.17, 15) is 9.90 Å². The molecule has 1 N–H and O–H groups in total. The van der Waals surface area contributed by atoms with E-state index in [0.29, 0.717) is 27.1 Å². The molecule has 37 heavy (non-hydrogen) atoms. The number of hydrogen-bond donors (Lipinski definition) is 1. The maximum Gasteiger partial charge on any atom is 0.335 e. The first kappa shape index (κ1) is 25.3. The Morgan fingerprint density at radius 3 is 2.51 bits per heavy atom. The number of rotatable bonds is 7. The van der Waals surface area contributed by atoms with Gasteiger partial charge in [0.25, 0.3) is 0 Å². The third kappa shape index (κ3) is 4.97. The summed E-state index contributed by atoms with van der Waals surface area (Å²) in [7, 11) is 0. The molecule has 5 nitrogen and oxygen atoms in total. The number of hydrogen-bond acceptors (Lipinski definition) is 5. The van der Waals surface area contributed by atoms with Gasteiger partial charge in [-0.1, -0.05) is 54.3 Å². The van der Waals surface area contributed by atoms with E-state index in [2.05, 4.69) is 11.2 Å². The first-order valence-electron chi connectivity index (χ1n) is 11.7. The molecule has 0 amide bonds. The molecule has 188 valence electrons. The number of thiophene rings is 1. The minimum atomic E-state index is -0.928. The molecule has 0 spiro atoms. The quantitative estimate of drug-likeness (QED) is 0.218. The van der Waals surface area contributed by atoms with Crippen LogP contribution in [0.25, 0.3) is 31.8 Å². The second kappa shape index (κ2) is 10.2. The van der Waals surface area contributed by atoms with E-state index < -0.39 is 5.97 Å². The summed E-state index contributed by atoms with van der Waals surface area (Å²) in [5, 5.41) is 15.6. The number of carbonyl (C=O) groups is 1. The summed E-state index contributed by atoms with van der Waals surface area (Å²) in [6.45, 7) is 6.34. The van der Waals surface area contributed by atoms with Crippen LogP contribution in [0, 0.1) is 6.92 Å². The molecular weight excluding hydrogens is 529 g/mol. The van der Waals surface area contributed by atoms with Gasteiger partial charge in [-0.25, -0.2) is 4.79 Å². The first-order valence-corrected chi connectivity index (χ1v) is 13.2. The number of aryl methyl sites for hydroxylation is 1. The van der Waals surface area contributed by atoms with Crippen LogP contribution in [0.3, 0.4) is 0 Å². The Kier molecular flexibility index (Phi) is 6.99. The topological polar surface area (TPSA) is 72.6 Å². The lowest BCUT2D eigenvalue weighted by Crippen LogP contribution is -2.01. The summed E-state index contributed by atoms with van der Waals surface area (Å²) in [5.74, 6) is 0.607. The molecule has 0 radical (unpaired) electrons. The summed E-state index contributed by atoms with van der Waals surface area (Å²) < 4.78 is 12.8. The van der Waals surface area contributed by atoms with Gasteiger partial charge < -0.3 is 14.4 Å². The third-order valence-electron chi connectivity index (χ3n) is 6.16. The molecule has 0 aliphatic rings. The zero-order valence-corrected chi connectivity index (χ0v) is 22.7. The number of aromatic carboxylic acids is 1. The average Bonchev–Trinajstić information content (AvgIpc) is 3.46. The SMILES string of the molecule is Cc1cc(OCc2c(-c3c(Cl)cccc3Cl)noc2C(C)C)ccc1-c1cc2ccc(C(=O)O)cc2s1. The van der Waals surface area contributed by atoms with E-state index in [1.54, 1.807) is 41.7 Å². The molecule has 2 heterocycles. The number of fused-ring (bicyclic) bond motifs is 1. The van der Waals surface area contributed by atoms with E-state index in [0.717, 1.165) is 37.4 Å². The van der Waals surface area contributed by atoms with Gasteiger partial charge in [0.1, 0.15) is 23.8 Å². The van der Waals surface area contributed by atoms with Gasteiger partial charge in [-0.3, -0.25) is 0 Å². The molecule has 0 aliphatic heterocycles. The lowest BCUT2D eigenvalue weighted by molar-refractivity contribution is 0.0697. The zero-order chi connectivity index (χ0) is 26.3. The highest BCUT2D eigenvalue weighted by molar-refractivity contribution is 7.22. The van der Waals surface area contributed by atoms with Gasteiger partial charge in [-0.05, 0) is 72.0 Å². The van der Waals surface area contributed by atoms with Crippen molar-refractivity contribution >= 4 is 50.6 Å². The van der Waals surface area contributed by atoms with Crippen LogP contribution in [-0.4, -0.2) is 16.2 Å². The molecule has 5 aromatic rings. The van der Waals surface area contributed by atoms with Gasteiger partial charge >= 0.3 is 5.97 Å².